The van der Waals surface area contributed by atoms with Crippen molar-refractivity contribution in [3.05, 3.63) is 29.6 Å². The second kappa shape index (κ2) is 7.00. The van der Waals surface area contributed by atoms with Crippen LogP contribution in [-0.2, 0) is 0 Å². The Morgan fingerprint density at radius 1 is 1.23 bits per heavy atom. The van der Waals surface area contributed by atoms with Gasteiger partial charge in [0.25, 0.3) is 0 Å². The molecule has 0 aromatic heterocycles. The van der Waals surface area contributed by atoms with Crippen molar-refractivity contribution in [3.63, 3.8) is 0 Å². The molecule has 0 bridgehead atoms. The number of aliphatic hydroxyl groups excluding tert-OH is 1. The summed E-state index contributed by atoms with van der Waals surface area (Å²) in [6.07, 6.45) is 3.19. The first-order valence-corrected chi connectivity index (χ1v) is 7.21. The standard InChI is InChI=1S/C15H19F3N2O2/c1-20(11-4-2-9(8-21)3-5-11)15(22)19-10-6-12(16)14(18)13(17)7-10/h6-7,9,11,21H,2-5,8H2,1H3,(H,19,22). The van der Waals surface area contributed by atoms with Crippen molar-refractivity contribution in [2.45, 2.75) is 31.7 Å². The normalized spacial score (nSPS) is 21.5. The molecule has 2 amide bonds. The molecule has 1 aliphatic rings. The highest BCUT2D eigenvalue weighted by molar-refractivity contribution is 5.89. The minimum atomic E-state index is -1.56. The molecule has 2 N–H and O–H groups in total. The highest BCUT2D eigenvalue weighted by atomic mass is 19.2. The van der Waals surface area contributed by atoms with Gasteiger partial charge in [-0.2, -0.15) is 0 Å². The molecule has 0 saturated heterocycles. The molecule has 1 aromatic rings. The Morgan fingerprint density at radius 2 is 1.77 bits per heavy atom. The summed E-state index contributed by atoms with van der Waals surface area (Å²) in [5.74, 6) is -3.98. The van der Waals surface area contributed by atoms with Crippen molar-refractivity contribution in [3.8, 4) is 0 Å². The second-order valence-electron chi connectivity index (χ2n) is 5.65. The van der Waals surface area contributed by atoms with Crippen LogP contribution >= 0.6 is 0 Å². The van der Waals surface area contributed by atoms with E-state index in [0.29, 0.717) is 0 Å². The number of benzene rings is 1. The van der Waals surface area contributed by atoms with Gasteiger partial charge in [-0.05, 0) is 31.6 Å². The van der Waals surface area contributed by atoms with Crippen LogP contribution in [-0.4, -0.2) is 35.7 Å². The van der Waals surface area contributed by atoms with Crippen LogP contribution in [0.5, 0.6) is 0 Å². The fourth-order valence-corrected chi connectivity index (χ4v) is 2.72. The first-order valence-electron chi connectivity index (χ1n) is 7.21. The Hall–Kier alpha value is -1.76. The quantitative estimate of drug-likeness (QED) is 0.842. The Kier molecular flexibility index (Phi) is 5.28. The molecule has 1 aliphatic carbocycles. The number of anilines is 1. The average molecular weight is 316 g/mol. The van der Waals surface area contributed by atoms with Gasteiger partial charge in [-0.3, -0.25) is 0 Å². The Balaban J connectivity index is 1.97. The predicted molar refractivity (Wildman–Crippen MR) is 75.9 cm³/mol. The molecule has 0 unspecified atom stereocenters. The van der Waals surface area contributed by atoms with Gasteiger partial charge in [0, 0.05) is 37.5 Å². The summed E-state index contributed by atoms with van der Waals surface area (Å²) in [6, 6.07) is 0.996. The van der Waals surface area contributed by atoms with E-state index >= 15 is 0 Å². The van der Waals surface area contributed by atoms with Gasteiger partial charge in [-0.1, -0.05) is 0 Å². The summed E-state index contributed by atoms with van der Waals surface area (Å²) in [5.41, 5.74) is -0.128. The van der Waals surface area contributed by atoms with Crippen molar-refractivity contribution < 1.29 is 23.1 Å². The van der Waals surface area contributed by atoms with E-state index < -0.39 is 23.5 Å². The van der Waals surface area contributed by atoms with Crippen LogP contribution < -0.4 is 5.32 Å². The minimum Gasteiger partial charge on any atom is -0.396 e. The van der Waals surface area contributed by atoms with Crippen LogP contribution in [0.3, 0.4) is 0 Å². The third-order valence-electron chi connectivity index (χ3n) is 4.18. The molecule has 0 heterocycles. The molecule has 1 fully saturated rings. The van der Waals surface area contributed by atoms with E-state index in [-0.39, 0.29) is 24.3 Å². The predicted octanol–water partition coefficient (Wildman–Crippen LogP) is 3.12. The lowest BCUT2D eigenvalue weighted by Gasteiger charge is -2.34. The van der Waals surface area contributed by atoms with Crippen molar-refractivity contribution in [2.75, 3.05) is 19.0 Å². The van der Waals surface area contributed by atoms with Crippen LogP contribution in [0.25, 0.3) is 0 Å². The summed E-state index contributed by atoms with van der Waals surface area (Å²) in [4.78, 5) is 13.6. The molecule has 0 radical (unpaired) electrons. The van der Waals surface area contributed by atoms with Crippen LogP contribution in [0.15, 0.2) is 12.1 Å². The largest absolute Gasteiger partial charge is 0.396 e. The summed E-state index contributed by atoms with van der Waals surface area (Å²) < 4.78 is 39.1. The maximum absolute atomic E-state index is 13.1. The number of amides is 2. The summed E-state index contributed by atoms with van der Waals surface area (Å²) in [5, 5.41) is 11.5. The molecule has 7 heteroatoms. The number of aliphatic hydroxyl groups is 1. The lowest BCUT2D eigenvalue weighted by molar-refractivity contribution is 0.139. The van der Waals surface area contributed by atoms with Gasteiger partial charge in [0.1, 0.15) is 0 Å². The van der Waals surface area contributed by atoms with Crippen molar-refractivity contribution in [2.24, 2.45) is 5.92 Å². The lowest BCUT2D eigenvalue weighted by atomic mass is 9.86. The number of hydrogen-bond acceptors (Lipinski definition) is 2. The molecule has 2 rings (SSSR count). The Morgan fingerprint density at radius 3 is 2.27 bits per heavy atom. The molecule has 122 valence electrons. The van der Waals surface area contributed by atoms with E-state index in [1.165, 1.54) is 4.90 Å². The third-order valence-corrected chi connectivity index (χ3v) is 4.18. The molecule has 4 nitrogen and oxygen atoms in total. The lowest BCUT2D eigenvalue weighted by Crippen LogP contribution is -2.42. The van der Waals surface area contributed by atoms with Crippen molar-refractivity contribution in [1.29, 1.82) is 0 Å². The molecule has 0 aliphatic heterocycles. The summed E-state index contributed by atoms with van der Waals surface area (Å²) in [7, 11) is 1.61. The summed E-state index contributed by atoms with van der Waals surface area (Å²) in [6.45, 7) is 0.150. The van der Waals surface area contributed by atoms with Gasteiger partial charge < -0.3 is 15.3 Å². The van der Waals surface area contributed by atoms with E-state index in [1.807, 2.05) is 0 Å². The number of hydrogen-bond donors (Lipinski definition) is 2. The fourth-order valence-electron chi connectivity index (χ4n) is 2.72. The molecular formula is C15H19F3N2O2. The summed E-state index contributed by atoms with van der Waals surface area (Å²) >= 11 is 0. The number of halogens is 3. The van der Waals surface area contributed by atoms with Crippen LogP contribution in [0.2, 0.25) is 0 Å². The molecule has 22 heavy (non-hydrogen) atoms. The van der Waals surface area contributed by atoms with Gasteiger partial charge in [-0.15, -0.1) is 0 Å². The number of nitrogens with one attached hydrogen (secondary N) is 1. The van der Waals surface area contributed by atoms with Crippen molar-refractivity contribution >= 4 is 11.7 Å². The van der Waals surface area contributed by atoms with Gasteiger partial charge in [0.15, 0.2) is 17.5 Å². The van der Waals surface area contributed by atoms with E-state index in [2.05, 4.69) is 5.32 Å². The van der Waals surface area contributed by atoms with Gasteiger partial charge in [-0.25, -0.2) is 18.0 Å². The monoisotopic (exact) mass is 316 g/mol. The number of rotatable bonds is 3. The maximum atomic E-state index is 13.1. The average Bonchev–Trinajstić information content (AvgIpc) is 2.51. The SMILES string of the molecule is CN(C(=O)Nc1cc(F)c(F)c(F)c1)C1CCC(CO)CC1. The number of carbonyl (C=O) groups excluding carboxylic acids is 1. The molecule has 1 saturated carbocycles. The zero-order valence-corrected chi connectivity index (χ0v) is 12.3. The number of carbonyl (C=O) groups is 1. The topological polar surface area (TPSA) is 52.6 Å². The fraction of sp³-hybridized carbons (Fsp3) is 0.533. The van der Waals surface area contributed by atoms with Gasteiger partial charge >= 0.3 is 6.03 Å². The first-order chi connectivity index (χ1) is 10.4. The Labute approximate surface area is 126 Å². The van der Waals surface area contributed by atoms with E-state index in [0.717, 1.165) is 37.8 Å². The van der Waals surface area contributed by atoms with E-state index in [1.54, 1.807) is 7.05 Å². The van der Waals surface area contributed by atoms with Gasteiger partial charge in [0.2, 0.25) is 0 Å². The van der Waals surface area contributed by atoms with E-state index in [4.69, 9.17) is 5.11 Å². The van der Waals surface area contributed by atoms with Crippen LogP contribution in [0.1, 0.15) is 25.7 Å². The molecule has 0 atom stereocenters. The smallest absolute Gasteiger partial charge is 0.321 e. The highest BCUT2D eigenvalue weighted by Crippen LogP contribution is 2.27. The molecule has 1 aromatic carbocycles. The number of urea groups is 1. The zero-order chi connectivity index (χ0) is 16.3. The van der Waals surface area contributed by atoms with Crippen LogP contribution in [0, 0.1) is 23.4 Å². The second-order valence-corrected chi connectivity index (χ2v) is 5.65. The Bertz CT molecular complexity index is 523. The van der Waals surface area contributed by atoms with E-state index in [9.17, 15) is 18.0 Å². The zero-order valence-electron chi connectivity index (χ0n) is 12.3. The maximum Gasteiger partial charge on any atom is 0.321 e. The molecule has 0 spiro atoms. The van der Waals surface area contributed by atoms with Gasteiger partial charge in [0.05, 0.1) is 0 Å². The third kappa shape index (κ3) is 3.71. The number of nitrogens with zero attached hydrogens (tertiary/aromatic N) is 1. The highest BCUT2D eigenvalue weighted by Gasteiger charge is 2.26. The van der Waals surface area contributed by atoms with Crippen molar-refractivity contribution in [1.82, 2.24) is 4.90 Å². The first kappa shape index (κ1) is 16.6. The molecular weight excluding hydrogens is 297 g/mol. The van der Waals surface area contributed by atoms with Crippen LogP contribution in [0.4, 0.5) is 23.7 Å². The minimum absolute atomic E-state index is 0.0120.